The number of carboxylic acid groups (broad SMARTS) is 2. The number of likely N-dealkylation sites (tertiary alicyclic amines) is 2. The fraction of sp³-hybridized carbons (Fsp3) is 0.603. The maximum absolute atomic E-state index is 15.0. The molecule has 2 aromatic carbocycles. The largest absolute Gasteiger partial charge is 0.481 e. The Hall–Kier alpha value is -10.9. The molecular weight excluding hydrogens is 1580 g/mol. The number of imidazole rings is 1. The summed E-state index contributed by atoms with van der Waals surface area (Å²) in [5, 5.41) is 78.7. The molecule has 0 spiro atoms. The van der Waals surface area contributed by atoms with Crippen LogP contribution in [0.1, 0.15) is 147 Å². The van der Waals surface area contributed by atoms with Crippen LogP contribution in [0.2, 0.25) is 0 Å². The van der Waals surface area contributed by atoms with Gasteiger partial charge in [-0.1, -0.05) is 80.9 Å². The predicted octanol–water partition coefficient (Wildman–Crippen LogP) is -5.36. The van der Waals surface area contributed by atoms with Crippen molar-refractivity contribution in [3.05, 3.63) is 90.0 Å². The smallest absolute Gasteiger partial charge is 0.326 e. The van der Waals surface area contributed by atoms with Crippen molar-refractivity contribution in [2.24, 2.45) is 34.6 Å². The molecule has 0 aliphatic carbocycles. The summed E-state index contributed by atoms with van der Waals surface area (Å²) >= 11 is 4.42. The Morgan fingerprint density at radius 3 is 1.43 bits per heavy atom. The highest BCUT2D eigenvalue weighted by atomic mass is 32.1. The molecule has 0 radical (unpaired) electrons. The van der Waals surface area contributed by atoms with E-state index in [2.05, 4.69) is 86.4 Å². The number of carbonyl (C=O) groups is 15. The van der Waals surface area contributed by atoms with Gasteiger partial charge in [0.05, 0.1) is 37.2 Å². The van der Waals surface area contributed by atoms with Crippen LogP contribution in [0.5, 0.6) is 0 Å². The lowest BCUT2D eigenvalue weighted by Crippen LogP contribution is -2.62. The molecule has 5 rings (SSSR count). The van der Waals surface area contributed by atoms with Crippen LogP contribution in [0.25, 0.3) is 0 Å². The summed E-state index contributed by atoms with van der Waals surface area (Å²) in [6.45, 7) is 4.38. The number of hydrogen-bond donors (Lipinski definition) is 24. The quantitative estimate of drug-likeness (QED) is 0.0109. The Morgan fingerprint density at radius 2 is 0.942 bits per heavy atom. The third kappa shape index (κ3) is 32.7. The van der Waals surface area contributed by atoms with Crippen LogP contribution in [0.4, 0.5) is 0 Å². The second kappa shape index (κ2) is 52.2. The normalized spacial score (nSPS) is 17.2. The lowest BCUT2D eigenvalue weighted by Gasteiger charge is -2.32. The fourth-order valence-electron chi connectivity index (χ4n) is 13.7. The van der Waals surface area contributed by atoms with E-state index in [0.717, 1.165) is 0 Å². The lowest BCUT2D eigenvalue weighted by molar-refractivity contribution is -0.143. The van der Waals surface area contributed by atoms with Gasteiger partial charge in [-0.2, -0.15) is 12.6 Å². The van der Waals surface area contributed by atoms with E-state index in [1.165, 1.54) is 29.2 Å². The number of aromatic amines is 1. The first kappa shape index (κ1) is 99.6. The van der Waals surface area contributed by atoms with E-state index >= 15 is 14.4 Å². The van der Waals surface area contributed by atoms with Crippen molar-refractivity contribution in [2.75, 3.05) is 51.6 Å². The maximum atomic E-state index is 15.0. The number of nitrogens with two attached hydrogens (primary N) is 5. The van der Waals surface area contributed by atoms with Gasteiger partial charge in [0, 0.05) is 50.8 Å². The zero-order valence-electron chi connectivity index (χ0n) is 68.1. The number of nitrogens with zero attached hydrogens (tertiary/aromatic N) is 3. The number of unbranched alkanes of at least 4 members (excludes halogenated alkanes) is 3. The highest BCUT2D eigenvalue weighted by Crippen LogP contribution is 2.24. The summed E-state index contributed by atoms with van der Waals surface area (Å²) in [4.78, 5) is 220. The molecule has 1 aromatic heterocycles. The average molecular weight is 1700 g/mol. The average Bonchev–Trinajstić information content (AvgIpc) is 1.68. The summed E-state index contributed by atoms with van der Waals surface area (Å²) in [5.74, 6) is -15.6. The Bertz CT molecular complexity index is 3870. The van der Waals surface area contributed by atoms with Crippen molar-refractivity contribution in [1.82, 2.24) is 83.6 Å². The Morgan fingerprint density at radius 1 is 0.525 bits per heavy atom. The second-order valence-corrected chi connectivity index (χ2v) is 30.3. The van der Waals surface area contributed by atoms with Crippen molar-refractivity contribution in [1.29, 1.82) is 5.41 Å². The number of nitrogens with one attached hydrogen (secondary N) is 14. The van der Waals surface area contributed by atoms with Gasteiger partial charge in [-0.05, 0) is 140 Å². The molecule has 664 valence electrons. The number of thiol groups is 1. The number of amides is 13. The number of aliphatic hydroxyl groups excluding tert-OH is 2. The molecule has 3 heterocycles. The van der Waals surface area contributed by atoms with Gasteiger partial charge in [0.2, 0.25) is 76.8 Å². The molecule has 28 N–H and O–H groups in total. The molecule has 2 aliphatic heterocycles. The minimum Gasteiger partial charge on any atom is -0.481 e. The highest BCUT2D eigenvalue weighted by molar-refractivity contribution is 7.80. The van der Waals surface area contributed by atoms with E-state index in [-0.39, 0.29) is 140 Å². The molecule has 3 aromatic rings. The van der Waals surface area contributed by atoms with Gasteiger partial charge in [0.1, 0.15) is 78.5 Å². The van der Waals surface area contributed by atoms with Crippen molar-refractivity contribution >= 4 is 107 Å². The van der Waals surface area contributed by atoms with Crippen LogP contribution in [0.3, 0.4) is 0 Å². The number of rotatable bonds is 54. The molecule has 0 unspecified atom stereocenters. The van der Waals surface area contributed by atoms with Crippen LogP contribution >= 0.6 is 12.6 Å². The summed E-state index contributed by atoms with van der Waals surface area (Å²) in [6.07, 6.45) is 2.97. The molecular formula is C78H122N22O19S. The van der Waals surface area contributed by atoms with Crippen molar-refractivity contribution < 1.29 is 92.3 Å². The number of benzene rings is 2. The molecule has 42 heteroatoms. The topological polar surface area (TPSA) is 670 Å². The van der Waals surface area contributed by atoms with Gasteiger partial charge in [0.25, 0.3) is 0 Å². The van der Waals surface area contributed by atoms with Gasteiger partial charge in [-0.15, -0.1) is 0 Å². The molecule has 2 fully saturated rings. The first-order chi connectivity index (χ1) is 57.3. The Labute approximate surface area is 701 Å². The summed E-state index contributed by atoms with van der Waals surface area (Å²) < 4.78 is 0. The van der Waals surface area contributed by atoms with Gasteiger partial charge >= 0.3 is 11.9 Å². The van der Waals surface area contributed by atoms with E-state index in [4.69, 9.17) is 34.1 Å². The van der Waals surface area contributed by atoms with Crippen LogP contribution in [0, 0.1) is 11.3 Å². The third-order valence-electron chi connectivity index (χ3n) is 20.6. The minimum atomic E-state index is -1.75. The zero-order valence-corrected chi connectivity index (χ0v) is 68.9. The first-order valence-electron chi connectivity index (χ1n) is 40.6. The predicted molar refractivity (Wildman–Crippen MR) is 441 cm³/mol. The fourth-order valence-corrected chi connectivity index (χ4v) is 14.0. The Kier molecular flexibility index (Phi) is 43.3. The molecule has 13 amide bonds. The number of carboxylic acids is 2. The van der Waals surface area contributed by atoms with Gasteiger partial charge < -0.3 is 128 Å². The molecule has 0 bridgehead atoms. The van der Waals surface area contributed by atoms with Crippen LogP contribution < -0.4 is 92.5 Å². The minimum absolute atomic E-state index is 0.000620. The number of carbonyl (C=O) groups excluding carboxylic acids is 13. The van der Waals surface area contributed by atoms with Crippen molar-refractivity contribution in [3.8, 4) is 0 Å². The third-order valence-corrected chi connectivity index (χ3v) is 21.0. The van der Waals surface area contributed by atoms with E-state index in [9.17, 15) is 78.0 Å². The van der Waals surface area contributed by atoms with Crippen molar-refractivity contribution in [2.45, 2.75) is 240 Å². The number of hydrogen-bond acceptors (Lipinski definition) is 24. The van der Waals surface area contributed by atoms with Gasteiger partial charge in [-0.25, -0.2) is 9.78 Å². The number of aromatic nitrogens is 2. The molecule has 2 saturated heterocycles. The molecule has 2 aliphatic rings. The highest BCUT2D eigenvalue weighted by Gasteiger charge is 2.44. The molecule has 16 atom stereocenters. The van der Waals surface area contributed by atoms with Crippen LogP contribution in [0.15, 0.2) is 73.2 Å². The van der Waals surface area contributed by atoms with Crippen LogP contribution in [-0.4, -0.2) is 277 Å². The van der Waals surface area contributed by atoms with Crippen molar-refractivity contribution in [3.63, 3.8) is 0 Å². The van der Waals surface area contributed by atoms with Gasteiger partial charge in [-0.3, -0.25) is 72.5 Å². The second-order valence-electron chi connectivity index (χ2n) is 29.9. The van der Waals surface area contributed by atoms with E-state index in [1.54, 1.807) is 74.5 Å². The Balaban J connectivity index is 1.36. The van der Waals surface area contributed by atoms with Crippen LogP contribution in [-0.2, 0) is 91.2 Å². The number of aliphatic carboxylic acids is 2. The SMILES string of the molecule is CC[C@H](C)[C@H](NC(=O)[C@H](CS)NC(=O)[C@@H]1CCCN1C(=O)[C@H](Cc1ccccc1)NC(=O)[C@H](Cc1c[nH]cn1)NC(=O)[C@@H](NC(=O)[C@@H](N)CC(=O)O)[C@@H](C)O)C(=O)N[C@@H](CCCCN)C(=O)N[C@@H](Cc1ccccc1)C(=O)N[C@@H](CCCCN)C(=O)N1CCC[C@H]1C(=O)N[C@@H](CCCNC(=N)N)C(=O)N[C@@H](CO)C(=O)N[C@@H](CCCCN)C(=O)O. The van der Waals surface area contributed by atoms with E-state index < -0.39 is 198 Å². The number of H-pyrrole nitrogens is 1. The van der Waals surface area contributed by atoms with E-state index in [0.29, 0.717) is 49.7 Å². The first-order valence-corrected chi connectivity index (χ1v) is 41.2. The molecule has 120 heavy (non-hydrogen) atoms. The van der Waals surface area contributed by atoms with Gasteiger partial charge in [0.15, 0.2) is 5.96 Å². The number of aliphatic hydroxyl groups is 2. The maximum Gasteiger partial charge on any atom is 0.326 e. The standard InChI is InChI=1S/C78H122N22O19S/c1-4-44(2)62(97-70(111)58(42-120)96-72(113)60-29-19-35-100(60)76(117)56(37-47-22-9-6-10-23-47)94-68(109)55(38-48-40-85-43-87-48)93-74(115)63(45(3)102)98-64(105)49(82)39-61(103)104)73(114)89-50(24-11-14-30-79)65(106)92-54(36-46-20-7-5-8-21-46)67(108)90-52(25-12-15-31-80)75(116)99-34-18-28-59(99)71(112)88-51(27-17-33-86-78(83)84)66(107)95-57(41-101)69(110)91-53(77(118)119)26-13-16-32-81/h5-10,20-23,40,43-45,49-60,62-63,101-102,120H,4,11-19,24-39,41-42,79-82H2,1-3H3,(H,85,87)(H,88,112)(H,89,114)(H,90,108)(H,91,110)(H,92,106)(H,93,115)(H,94,109)(H,95,107)(H,96,113)(H,97,111)(H,98,105)(H,103,104)(H,118,119)(H4,83,84,86)/t44-,45+,49-,50-,51-,52-,53-,54-,55-,56-,57-,58-,59-,60-,62-,63-/m0/s1. The van der Waals surface area contributed by atoms with E-state index in [1.807, 2.05) is 0 Å². The monoisotopic (exact) mass is 1700 g/mol. The number of guanidine groups is 1. The summed E-state index contributed by atoms with van der Waals surface area (Å²) in [5.41, 5.74) is 30.0. The molecule has 0 saturated carbocycles. The zero-order chi connectivity index (χ0) is 88.5. The summed E-state index contributed by atoms with van der Waals surface area (Å²) in [6, 6.07) is -3.20. The lowest BCUT2D eigenvalue weighted by atomic mass is 9.97. The summed E-state index contributed by atoms with van der Waals surface area (Å²) in [7, 11) is 0. The molecule has 41 nitrogen and oxygen atoms in total.